The van der Waals surface area contributed by atoms with E-state index in [1.807, 2.05) is 30.3 Å². The van der Waals surface area contributed by atoms with Gasteiger partial charge in [0.1, 0.15) is 11.1 Å². The summed E-state index contributed by atoms with van der Waals surface area (Å²) in [5.41, 5.74) is 5.39. The zero-order valence-electron chi connectivity index (χ0n) is 18.6. The van der Waals surface area contributed by atoms with Crippen molar-refractivity contribution in [2.24, 2.45) is 5.73 Å². The maximum atomic E-state index is 12.7. The Labute approximate surface area is 189 Å². The van der Waals surface area contributed by atoms with Crippen LogP contribution in [0.5, 0.6) is 0 Å². The van der Waals surface area contributed by atoms with Crippen molar-refractivity contribution in [1.29, 1.82) is 0 Å². The Bertz CT molecular complexity index is 773. The number of piperidine rings is 1. The van der Waals surface area contributed by atoms with E-state index in [1.54, 1.807) is 0 Å². The lowest BCUT2D eigenvalue weighted by atomic mass is 9.81. The average Bonchev–Trinajstić information content (AvgIpc) is 3.08. The Morgan fingerprint density at radius 3 is 2.41 bits per heavy atom. The lowest BCUT2D eigenvalue weighted by Crippen LogP contribution is -2.56. The highest BCUT2D eigenvalue weighted by molar-refractivity contribution is 6.40. The first-order valence-electron chi connectivity index (χ1n) is 11.5. The summed E-state index contributed by atoms with van der Waals surface area (Å²) >= 11 is 0. The number of anilines is 1. The number of likely N-dealkylation sites (tertiary alicyclic amines) is 1. The third-order valence-corrected chi connectivity index (χ3v) is 6.95. The number of nitrogens with zero attached hydrogens (tertiary/aromatic N) is 2. The molecule has 0 bridgehead atoms. The van der Waals surface area contributed by atoms with Gasteiger partial charge in [-0.1, -0.05) is 31.0 Å². The lowest BCUT2D eigenvalue weighted by molar-refractivity contribution is -0.144. The predicted molar refractivity (Wildman–Crippen MR) is 123 cm³/mol. The highest BCUT2D eigenvalue weighted by atomic mass is 16.4. The Morgan fingerprint density at radius 1 is 1.12 bits per heavy atom. The number of unbranched alkanes of at least 4 members (excludes halogenated alkanes) is 1. The second-order valence-corrected chi connectivity index (χ2v) is 9.09. The molecule has 10 heteroatoms. The normalized spacial score (nSPS) is 20.2. The van der Waals surface area contributed by atoms with Gasteiger partial charge in [-0.2, -0.15) is 0 Å². The number of nitrogens with two attached hydrogens (primary N) is 1. The second kappa shape index (κ2) is 10.7. The zero-order chi connectivity index (χ0) is 23.2. The SMILES string of the molecule is NC(CCCCB(O)O)(CCCN1CCC2(CC1)C(=O)NCN2c1ccccc1)C(=O)O. The predicted octanol–water partition coefficient (Wildman–Crippen LogP) is 0.620. The highest BCUT2D eigenvalue weighted by Crippen LogP contribution is 2.36. The van der Waals surface area contributed by atoms with Gasteiger partial charge < -0.3 is 36.0 Å². The largest absolute Gasteiger partial charge is 0.480 e. The van der Waals surface area contributed by atoms with E-state index in [0.29, 0.717) is 38.8 Å². The van der Waals surface area contributed by atoms with E-state index in [0.717, 1.165) is 38.2 Å². The van der Waals surface area contributed by atoms with Crippen LogP contribution in [0.4, 0.5) is 5.69 Å². The van der Waals surface area contributed by atoms with Crippen LogP contribution < -0.4 is 16.0 Å². The number of benzene rings is 1. The van der Waals surface area contributed by atoms with E-state index in [9.17, 15) is 14.7 Å². The molecule has 0 radical (unpaired) electrons. The van der Waals surface area contributed by atoms with Crippen LogP contribution in [0.3, 0.4) is 0 Å². The molecule has 0 aromatic heterocycles. The first kappa shape index (κ1) is 24.5. The van der Waals surface area contributed by atoms with E-state index < -0.39 is 24.2 Å². The summed E-state index contributed by atoms with van der Waals surface area (Å²) < 4.78 is 0. The van der Waals surface area contributed by atoms with E-state index in [-0.39, 0.29) is 12.2 Å². The molecule has 2 fully saturated rings. The molecule has 2 aliphatic rings. The summed E-state index contributed by atoms with van der Waals surface area (Å²) in [5.74, 6) is -0.929. The minimum atomic E-state index is -1.37. The van der Waals surface area contributed by atoms with Crippen molar-refractivity contribution < 1.29 is 24.7 Å². The third-order valence-electron chi connectivity index (χ3n) is 6.95. The van der Waals surface area contributed by atoms with Gasteiger partial charge in [0.2, 0.25) is 5.91 Å². The standard InChI is InChI=1S/C22H35BN4O5/c24-21(20(29)30,9-4-5-13-23(31)32)10-6-14-26-15-11-22(12-16-26)19(28)25-17-27(22)18-7-2-1-3-8-18/h1-3,7-8,31-32H,4-6,9-17,24H2,(H,25,28)(H,29,30). The van der Waals surface area contributed by atoms with Gasteiger partial charge in [-0.15, -0.1) is 0 Å². The van der Waals surface area contributed by atoms with Gasteiger partial charge in [-0.25, -0.2) is 0 Å². The van der Waals surface area contributed by atoms with E-state index in [2.05, 4.69) is 15.1 Å². The lowest BCUT2D eigenvalue weighted by Gasteiger charge is -2.43. The number of carboxylic acid groups (broad SMARTS) is 1. The molecule has 0 saturated carbocycles. The molecule has 9 nitrogen and oxygen atoms in total. The van der Waals surface area contributed by atoms with Crippen molar-refractivity contribution in [1.82, 2.24) is 10.2 Å². The minimum Gasteiger partial charge on any atom is -0.480 e. The first-order chi connectivity index (χ1) is 15.3. The van der Waals surface area contributed by atoms with Crippen LogP contribution in [0.25, 0.3) is 0 Å². The zero-order valence-corrected chi connectivity index (χ0v) is 18.6. The Hall–Kier alpha value is -2.14. The molecule has 176 valence electrons. The molecule has 1 spiro atoms. The quantitative estimate of drug-likeness (QED) is 0.246. The molecule has 32 heavy (non-hydrogen) atoms. The fourth-order valence-corrected chi connectivity index (χ4v) is 4.90. The Balaban J connectivity index is 1.49. The van der Waals surface area contributed by atoms with Crippen molar-refractivity contribution in [2.75, 3.05) is 31.2 Å². The molecule has 2 heterocycles. The van der Waals surface area contributed by atoms with Crippen LogP contribution in [0.15, 0.2) is 30.3 Å². The third kappa shape index (κ3) is 5.61. The van der Waals surface area contributed by atoms with E-state index in [4.69, 9.17) is 15.8 Å². The van der Waals surface area contributed by atoms with Gasteiger partial charge in [-0.05, 0) is 57.1 Å². The summed E-state index contributed by atoms with van der Waals surface area (Å²) in [7, 11) is -1.37. The van der Waals surface area contributed by atoms with Crippen molar-refractivity contribution >= 4 is 24.7 Å². The molecule has 1 amide bonds. The molecule has 2 saturated heterocycles. The smallest absolute Gasteiger partial charge is 0.451 e. The number of aliphatic carboxylic acids is 1. The maximum Gasteiger partial charge on any atom is 0.451 e. The fourth-order valence-electron chi connectivity index (χ4n) is 4.90. The number of carboxylic acids is 1. The average molecular weight is 446 g/mol. The summed E-state index contributed by atoms with van der Waals surface area (Å²) in [6, 6.07) is 9.99. The van der Waals surface area contributed by atoms with Gasteiger partial charge in [-0.3, -0.25) is 9.59 Å². The summed E-state index contributed by atoms with van der Waals surface area (Å²) in [6.45, 7) is 2.81. The number of rotatable bonds is 11. The number of para-hydroxylation sites is 1. The van der Waals surface area contributed by atoms with Gasteiger partial charge in [0.15, 0.2) is 0 Å². The first-order valence-corrected chi connectivity index (χ1v) is 11.5. The van der Waals surface area contributed by atoms with E-state index >= 15 is 0 Å². The number of hydrogen-bond donors (Lipinski definition) is 5. The molecular formula is C22H35BN4O5. The number of nitrogens with one attached hydrogen (secondary N) is 1. The topological polar surface area (TPSA) is 139 Å². The summed E-state index contributed by atoms with van der Waals surface area (Å²) in [4.78, 5) is 28.9. The maximum absolute atomic E-state index is 12.7. The van der Waals surface area contributed by atoms with Gasteiger partial charge in [0, 0.05) is 18.8 Å². The fraction of sp³-hybridized carbons (Fsp3) is 0.636. The number of amides is 1. The molecule has 1 unspecified atom stereocenters. The molecule has 6 N–H and O–H groups in total. The molecule has 1 aromatic carbocycles. The van der Waals surface area contributed by atoms with E-state index in [1.165, 1.54) is 0 Å². The summed E-state index contributed by atoms with van der Waals surface area (Å²) in [6.07, 6.45) is 4.07. The molecule has 2 aliphatic heterocycles. The minimum absolute atomic E-state index is 0.0841. The van der Waals surface area contributed by atoms with Crippen molar-refractivity contribution in [3.05, 3.63) is 30.3 Å². The molecule has 1 aromatic rings. The van der Waals surface area contributed by atoms with Crippen LogP contribution in [0.2, 0.25) is 6.32 Å². The van der Waals surface area contributed by atoms with Gasteiger partial charge >= 0.3 is 13.1 Å². The van der Waals surface area contributed by atoms with Crippen molar-refractivity contribution in [2.45, 2.75) is 62.3 Å². The van der Waals surface area contributed by atoms with Crippen LogP contribution in [-0.2, 0) is 9.59 Å². The second-order valence-electron chi connectivity index (χ2n) is 9.09. The molecular weight excluding hydrogens is 411 g/mol. The Morgan fingerprint density at radius 2 is 1.78 bits per heavy atom. The molecule has 3 rings (SSSR count). The Kier molecular flexibility index (Phi) is 8.16. The van der Waals surface area contributed by atoms with Gasteiger partial charge in [0.25, 0.3) is 0 Å². The van der Waals surface area contributed by atoms with Crippen molar-refractivity contribution in [3.8, 4) is 0 Å². The monoisotopic (exact) mass is 446 g/mol. The molecule has 0 aliphatic carbocycles. The van der Waals surface area contributed by atoms with Crippen LogP contribution in [0, 0.1) is 0 Å². The van der Waals surface area contributed by atoms with Crippen LogP contribution in [-0.4, -0.2) is 76.4 Å². The van der Waals surface area contributed by atoms with Gasteiger partial charge in [0.05, 0.1) is 6.67 Å². The van der Waals surface area contributed by atoms with Crippen molar-refractivity contribution in [3.63, 3.8) is 0 Å². The summed E-state index contributed by atoms with van der Waals surface area (Å²) in [5, 5.41) is 30.5. The number of carbonyl (C=O) groups is 2. The number of carbonyl (C=O) groups excluding carboxylic acids is 1. The number of hydrogen-bond acceptors (Lipinski definition) is 7. The molecule has 1 atom stereocenters. The van der Waals surface area contributed by atoms with Crippen LogP contribution in [0.1, 0.15) is 44.9 Å². The highest BCUT2D eigenvalue weighted by Gasteiger charge is 2.50. The van der Waals surface area contributed by atoms with Crippen LogP contribution >= 0.6 is 0 Å².